The molecule has 6 nitrogen and oxygen atoms in total. The highest BCUT2D eigenvalue weighted by molar-refractivity contribution is 5.71. The fourth-order valence-electron chi connectivity index (χ4n) is 7.73. The van der Waals surface area contributed by atoms with Gasteiger partial charge in [-0.15, -0.1) is 0 Å². The Bertz CT molecular complexity index is 1380. The van der Waals surface area contributed by atoms with Crippen molar-refractivity contribution in [2.24, 2.45) is 0 Å². The molecule has 0 aliphatic heterocycles. The van der Waals surface area contributed by atoms with Crippen LogP contribution in [0.5, 0.6) is 0 Å². The van der Waals surface area contributed by atoms with E-state index < -0.39 is 6.10 Å². The van der Waals surface area contributed by atoms with Crippen LogP contribution in [-0.4, -0.2) is 37.2 Å². The first-order chi connectivity index (χ1) is 34.0. The van der Waals surface area contributed by atoms with Crippen LogP contribution in [0.15, 0.2) is 97.2 Å². The SMILES string of the molecule is CC/C=C\C/C=C\C/C=C\CCCCCCCC(=O)O[C@@H](COC(=O)CCCCCC/C=C\C/C=C\C/C=C\CCCCC)COC(=O)CCCCCCCCCCC/C=C\C/C=C\CCCCC. The highest BCUT2D eigenvalue weighted by atomic mass is 16.6. The second kappa shape index (κ2) is 56.9. The minimum atomic E-state index is -0.799. The van der Waals surface area contributed by atoms with Crippen LogP contribution >= 0.6 is 0 Å². The van der Waals surface area contributed by atoms with Gasteiger partial charge in [0.15, 0.2) is 6.10 Å². The summed E-state index contributed by atoms with van der Waals surface area (Å²) in [5, 5.41) is 0. The normalized spacial score (nSPS) is 12.8. The molecule has 394 valence electrons. The van der Waals surface area contributed by atoms with E-state index in [0.29, 0.717) is 19.3 Å². The fourth-order valence-corrected chi connectivity index (χ4v) is 7.73. The van der Waals surface area contributed by atoms with E-state index in [1.165, 1.54) is 96.3 Å². The van der Waals surface area contributed by atoms with E-state index in [0.717, 1.165) is 128 Å². The predicted octanol–water partition coefficient (Wildman–Crippen LogP) is 19.3. The predicted molar refractivity (Wildman–Crippen MR) is 297 cm³/mol. The van der Waals surface area contributed by atoms with Crippen LogP contribution in [0.2, 0.25) is 0 Å². The quantitative estimate of drug-likeness (QED) is 0.0262. The number of allylic oxidation sites excluding steroid dienone is 16. The van der Waals surface area contributed by atoms with Crippen molar-refractivity contribution in [1.82, 2.24) is 0 Å². The van der Waals surface area contributed by atoms with E-state index in [-0.39, 0.29) is 31.1 Å². The zero-order valence-electron chi connectivity index (χ0n) is 45.0. The first kappa shape index (κ1) is 65.3. The average molecular weight is 960 g/mol. The summed E-state index contributed by atoms with van der Waals surface area (Å²) < 4.78 is 16.8. The van der Waals surface area contributed by atoms with Crippen molar-refractivity contribution in [1.29, 1.82) is 0 Å². The number of unbranched alkanes of at least 4 members (excludes halogenated alkanes) is 24. The van der Waals surface area contributed by atoms with Gasteiger partial charge in [-0.1, -0.05) is 221 Å². The Morgan fingerprint density at radius 2 is 0.565 bits per heavy atom. The van der Waals surface area contributed by atoms with Gasteiger partial charge in [0.05, 0.1) is 0 Å². The van der Waals surface area contributed by atoms with Gasteiger partial charge < -0.3 is 14.2 Å². The van der Waals surface area contributed by atoms with Crippen LogP contribution in [0.1, 0.15) is 265 Å². The fraction of sp³-hybridized carbons (Fsp3) is 0.698. The van der Waals surface area contributed by atoms with Gasteiger partial charge in [0.1, 0.15) is 13.2 Å². The molecule has 0 aromatic heterocycles. The van der Waals surface area contributed by atoms with Gasteiger partial charge in [0.2, 0.25) is 0 Å². The Balaban J connectivity index is 4.44. The maximum atomic E-state index is 12.8. The van der Waals surface area contributed by atoms with Gasteiger partial charge >= 0.3 is 17.9 Å². The lowest BCUT2D eigenvalue weighted by atomic mass is 10.1. The summed E-state index contributed by atoms with van der Waals surface area (Å²) >= 11 is 0. The highest BCUT2D eigenvalue weighted by Crippen LogP contribution is 2.14. The molecule has 0 aliphatic carbocycles. The second-order valence-corrected chi connectivity index (χ2v) is 18.8. The van der Waals surface area contributed by atoms with Crippen LogP contribution in [0.3, 0.4) is 0 Å². The third-order valence-electron chi connectivity index (χ3n) is 12.0. The van der Waals surface area contributed by atoms with Gasteiger partial charge in [-0.3, -0.25) is 14.4 Å². The molecule has 0 heterocycles. The number of esters is 3. The third kappa shape index (κ3) is 55.1. The van der Waals surface area contributed by atoms with E-state index in [9.17, 15) is 14.4 Å². The van der Waals surface area contributed by atoms with Crippen molar-refractivity contribution in [2.45, 2.75) is 271 Å². The standard InChI is InChI=1S/C63H106O6/c1-4-7-10-13-16-19-22-25-28-30-31-33-36-38-41-44-47-50-53-56-62(65)68-59-60(69-63(66)57-54-51-48-45-42-39-34-27-24-21-18-15-12-9-6-3)58-67-61(64)55-52-49-46-43-40-37-35-32-29-26-23-20-17-14-11-8-5-2/h9,12,16-21,25-29,34-35,37,60H,4-8,10-11,13-15,22-24,30-33,36,38-59H2,1-3H3/b12-9-,19-16-,20-17-,21-18-,28-25-,29-26-,34-27-,37-35-/t60-/m0/s1. The molecule has 0 aromatic rings. The highest BCUT2D eigenvalue weighted by Gasteiger charge is 2.19. The maximum Gasteiger partial charge on any atom is 0.306 e. The summed E-state index contributed by atoms with van der Waals surface area (Å²) in [7, 11) is 0. The Morgan fingerprint density at radius 3 is 0.884 bits per heavy atom. The topological polar surface area (TPSA) is 78.9 Å². The molecule has 0 bridgehead atoms. The van der Waals surface area contributed by atoms with Gasteiger partial charge in [-0.25, -0.2) is 0 Å². The Labute approximate surface area is 426 Å². The lowest BCUT2D eigenvalue weighted by Crippen LogP contribution is -2.30. The van der Waals surface area contributed by atoms with Crippen LogP contribution in [0.25, 0.3) is 0 Å². The Morgan fingerprint density at radius 1 is 0.304 bits per heavy atom. The first-order valence-corrected chi connectivity index (χ1v) is 28.7. The molecule has 0 rings (SSSR count). The molecule has 0 radical (unpaired) electrons. The minimum Gasteiger partial charge on any atom is -0.462 e. The third-order valence-corrected chi connectivity index (χ3v) is 12.0. The van der Waals surface area contributed by atoms with Gasteiger partial charge in [0, 0.05) is 19.3 Å². The maximum absolute atomic E-state index is 12.8. The molecule has 69 heavy (non-hydrogen) atoms. The number of carbonyl (C=O) groups excluding carboxylic acids is 3. The molecule has 0 fully saturated rings. The van der Waals surface area contributed by atoms with E-state index in [2.05, 4.69) is 118 Å². The van der Waals surface area contributed by atoms with Gasteiger partial charge in [-0.05, 0) is 122 Å². The number of carbonyl (C=O) groups is 3. The van der Waals surface area contributed by atoms with Crippen LogP contribution in [-0.2, 0) is 28.6 Å². The number of hydrogen-bond acceptors (Lipinski definition) is 6. The number of hydrogen-bond donors (Lipinski definition) is 0. The van der Waals surface area contributed by atoms with Crippen molar-refractivity contribution >= 4 is 17.9 Å². The molecule has 0 saturated heterocycles. The van der Waals surface area contributed by atoms with E-state index in [4.69, 9.17) is 14.2 Å². The number of rotatable bonds is 51. The monoisotopic (exact) mass is 959 g/mol. The molecule has 0 spiro atoms. The van der Waals surface area contributed by atoms with Gasteiger partial charge in [0.25, 0.3) is 0 Å². The molecule has 0 aromatic carbocycles. The largest absolute Gasteiger partial charge is 0.462 e. The van der Waals surface area contributed by atoms with Crippen molar-refractivity contribution in [2.75, 3.05) is 13.2 Å². The molecular weight excluding hydrogens is 853 g/mol. The molecule has 6 heteroatoms. The van der Waals surface area contributed by atoms with Crippen LogP contribution in [0.4, 0.5) is 0 Å². The molecule has 0 aliphatic rings. The summed E-state index contributed by atoms with van der Waals surface area (Å²) in [6, 6.07) is 0. The van der Waals surface area contributed by atoms with E-state index in [1.54, 1.807) is 0 Å². The summed E-state index contributed by atoms with van der Waals surface area (Å²) in [5.74, 6) is -0.935. The molecular formula is C63H106O6. The summed E-state index contributed by atoms with van der Waals surface area (Å²) in [6.45, 7) is 6.45. The first-order valence-electron chi connectivity index (χ1n) is 28.7. The average Bonchev–Trinajstić information content (AvgIpc) is 3.35. The van der Waals surface area contributed by atoms with Crippen molar-refractivity contribution in [3.8, 4) is 0 Å². The zero-order valence-corrected chi connectivity index (χ0v) is 45.0. The molecule has 0 N–H and O–H groups in total. The van der Waals surface area contributed by atoms with Crippen LogP contribution in [0, 0.1) is 0 Å². The lowest BCUT2D eigenvalue weighted by Gasteiger charge is -2.18. The molecule has 0 saturated carbocycles. The minimum absolute atomic E-state index is 0.0947. The summed E-state index contributed by atoms with van der Waals surface area (Å²) in [4.78, 5) is 38.2. The van der Waals surface area contributed by atoms with Gasteiger partial charge in [-0.2, -0.15) is 0 Å². The summed E-state index contributed by atoms with van der Waals surface area (Å²) in [5.41, 5.74) is 0. The number of ether oxygens (including phenoxy) is 3. The second-order valence-electron chi connectivity index (χ2n) is 18.8. The zero-order chi connectivity index (χ0) is 50.0. The van der Waals surface area contributed by atoms with Crippen molar-refractivity contribution < 1.29 is 28.6 Å². The Kier molecular flexibility index (Phi) is 53.9. The molecule has 1 atom stereocenters. The van der Waals surface area contributed by atoms with Crippen LogP contribution < -0.4 is 0 Å². The summed E-state index contributed by atoms with van der Waals surface area (Å²) in [6.07, 6.45) is 75.3. The smallest absolute Gasteiger partial charge is 0.306 e. The molecule has 0 amide bonds. The Hall–Kier alpha value is -3.67. The van der Waals surface area contributed by atoms with E-state index >= 15 is 0 Å². The van der Waals surface area contributed by atoms with E-state index in [1.807, 2.05) is 0 Å². The molecule has 0 unspecified atom stereocenters. The van der Waals surface area contributed by atoms with Crippen molar-refractivity contribution in [3.05, 3.63) is 97.2 Å². The lowest BCUT2D eigenvalue weighted by molar-refractivity contribution is -0.167. The van der Waals surface area contributed by atoms with Crippen molar-refractivity contribution in [3.63, 3.8) is 0 Å².